The van der Waals surface area contributed by atoms with Crippen LogP contribution in [-0.4, -0.2) is 14.3 Å². The van der Waals surface area contributed by atoms with Crippen LogP contribution < -0.4 is 4.72 Å². The highest BCUT2D eigenvalue weighted by atomic mass is 32.2. The van der Waals surface area contributed by atoms with Gasteiger partial charge in [0.1, 0.15) is 5.76 Å². The van der Waals surface area contributed by atoms with E-state index in [-0.39, 0.29) is 12.2 Å². The van der Waals surface area contributed by atoms with Gasteiger partial charge >= 0.3 is 0 Å². The molecule has 0 fully saturated rings. The van der Waals surface area contributed by atoms with Crippen LogP contribution >= 0.6 is 0 Å². The van der Waals surface area contributed by atoms with Gasteiger partial charge in [0, 0.05) is 12.8 Å². The van der Waals surface area contributed by atoms with E-state index in [1.165, 1.54) is 18.4 Å². The second-order valence-electron chi connectivity index (χ2n) is 4.67. The molecule has 0 spiro atoms. The molecule has 0 aliphatic heterocycles. The maximum atomic E-state index is 11.9. The minimum atomic E-state index is -3.76. The van der Waals surface area contributed by atoms with E-state index in [1.54, 1.807) is 24.3 Å². The minimum Gasteiger partial charge on any atom is -0.469 e. The van der Waals surface area contributed by atoms with Gasteiger partial charge in [-0.15, -0.1) is 0 Å². The lowest BCUT2D eigenvalue weighted by molar-refractivity contribution is -0.119. The van der Waals surface area contributed by atoms with Gasteiger partial charge in [-0.05, 0) is 29.8 Å². The van der Waals surface area contributed by atoms with Gasteiger partial charge in [0.05, 0.1) is 23.6 Å². The first-order valence-electron chi connectivity index (χ1n) is 6.53. The number of benzene rings is 1. The monoisotopic (exact) mass is 318 g/mol. The van der Waals surface area contributed by atoms with E-state index in [9.17, 15) is 13.2 Å². The highest BCUT2D eigenvalue weighted by Gasteiger charge is 2.15. The van der Waals surface area contributed by atoms with E-state index < -0.39 is 15.9 Å². The van der Waals surface area contributed by atoms with E-state index in [0.29, 0.717) is 23.3 Å². The predicted molar refractivity (Wildman–Crippen MR) is 79.0 cm³/mol. The maximum Gasteiger partial charge on any atom is 0.239 e. The van der Waals surface area contributed by atoms with Crippen molar-refractivity contribution in [2.24, 2.45) is 0 Å². The molecule has 0 aliphatic rings. The third kappa shape index (κ3) is 4.75. The average molecular weight is 318 g/mol. The van der Waals surface area contributed by atoms with Crippen molar-refractivity contribution in [3.8, 4) is 6.07 Å². The molecule has 1 aromatic heterocycles. The molecule has 1 aromatic carbocycles. The van der Waals surface area contributed by atoms with Crippen LogP contribution in [0.4, 0.5) is 0 Å². The molecule has 0 saturated heterocycles. The van der Waals surface area contributed by atoms with Crippen molar-refractivity contribution in [1.29, 1.82) is 5.26 Å². The fraction of sp³-hybridized carbons (Fsp3) is 0.200. The number of nitriles is 1. The Morgan fingerprint density at radius 3 is 2.55 bits per heavy atom. The highest BCUT2D eigenvalue weighted by Crippen LogP contribution is 2.08. The molecule has 22 heavy (non-hydrogen) atoms. The second kappa shape index (κ2) is 6.91. The summed E-state index contributed by atoms with van der Waals surface area (Å²) in [5.74, 6) is -0.268. The molecule has 114 valence electrons. The fourth-order valence-electron chi connectivity index (χ4n) is 1.85. The lowest BCUT2D eigenvalue weighted by atomic mass is 10.2. The zero-order valence-electron chi connectivity index (χ0n) is 11.7. The SMILES string of the molecule is N#Cc1ccc(CS(=O)(=O)NC(=O)CCc2ccco2)cc1. The molecule has 1 heterocycles. The number of hydrogen-bond donors (Lipinski definition) is 1. The van der Waals surface area contributed by atoms with Crippen molar-refractivity contribution in [3.05, 3.63) is 59.5 Å². The third-order valence-corrected chi connectivity index (χ3v) is 4.14. The average Bonchev–Trinajstić information content (AvgIpc) is 2.98. The maximum absolute atomic E-state index is 11.9. The molecule has 0 atom stereocenters. The Kier molecular flexibility index (Phi) is 4.96. The van der Waals surface area contributed by atoms with Crippen LogP contribution in [0.2, 0.25) is 0 Å². The van der Waals surface area contributed by atoms with Crippen molar-refractivity contribution in [3.63, 3.8) is 0 Å². The number of carbonyl (C=O) groups excluding carboxylic acids is 1. The molecular weight excluding hydrogens is 304 g/mol. The molecule has 1 N–H and O–H groups in total. The third-order valence-electron chi connectivity index (χ3n) is 2.89. The summed E-state index contributed by atoms with van der Waals surface area (Å²) < 4.78 is 30.9. The van der Waals surface area contributed by atoms with Crippen LogP contribution in [0.5, 0.6) is 0 Å². The number of aryl methyl sites for hydroxylation is 1. The van der Waals surface area contributed by atoms with E-state index in [2.05, 4.69) is 0 Å². The van der Waals surface area contributed by atoms with Crippen LogP contribution in [-0.2, 0) is 27.0 Å². The van der Waals surface area contributed by atoms with Crippen LogP contribution in [0.3, 0.4) is 0 Å². The first-order valence-corrected chi connectivity index (χ1v) is 8.18. The Bertz CT molecular complexity index is 772. The Balaban J connectivity index is 1.89. The van der Waals surface area contributed by atoms with Crippen LogP contribution in [0, 0.1) is 11.3 Å². The smallest absolute Gasteiger partial charge is 0.239 e. The number of sulfonamides is 1. The molecule has 2 rings (SSSR count). The molecule has 0 bridgehead atoms. The summed E-state index contributed by atoms with van der Waals surface area (Å²) in [6, 6.07) is 11.5. The Morgan fingerprint density at radius 2 is 1.95 bits per heavy atom. The van der Waals surface area contributed by atoms with Crippen LogP contribution in [0.25, 0.3) is 0 Å². The van der Waals surface area contributed by atoms with Gasteiger partial charge in [0.2, 0.25) is 15.9 Å². The van der Waals surface area contributed by atoms with Gasteiger partial charge in [-0.3, -0.25) is 9.52 Å². The van der Waals surface area contributed by atoms with Gasteiger partial charge < -0.3 is 4.42 Å². The van der Waals surface area contributed by atoms with Crippen molar-refractivity contribution in [2.45, 2.75) is 18.6 Å². The number of hydrogen-bond acceptors (Lipinski definition) is 5. The summed E-state index contributed by atoms with van der Waals surface area (Å²) in [6.45, 7) is 0. The van der Waals surface area contributed by atoms with Crippen molar-refractivity contribution in [2.75, 3.05) is 0 Å². The number of furan rings is 1. The molecule has 1 amide bonds. The zero-order chi connectivity index (χ0) is 16.0. The topological polar surface area (TPSA) is 100 Å². The van der Waals surface area contributed by atoms with E-state index in [1.807, 2.05) is 10.8 Å². The first-order chi connectivity index (χ1) is 10.5. The Morgan fingerprint density at radius 1 is 1.23 bits per heavy atom. The van der Waals surface area contributed by atoms with Crippen molar-refractivity contribution >= 4 is 15.9 Å². The Labute approximate surface area is 128 Å². The lowest BCUT2D eigenvalue weighted by Crippen LogP contribution is -2.31. The summed E-state index contributed by atoms with van der Waals surface area (Å²) in [5, 5.41) is 8.68. The molecular formula is C15H14N2O4S. The molecule has 2 aromatic rings. The van der Waals surface area contributed by atoms with Gasteiger partial charge in [-0.25, -0.2) is 8.42 Å². The molecule has 0 unspecified atom stereocenters. The van der Waals surface area contributed by atoms with E-state index >= 15 is 0 Å². The van der Waals surface area contributed by atoms with Crippen molar-refractivity contribution in [1.82, 2.24) is 4.72 Å². The summed E-state index contributed by atoms with van der Waals surface area (Å²) in [7, 11) is -3.76. The number of nitrogens with zero attached hydrogens (tertiary/aromatic N) is 1. The molecule has 7 heteroatoms. The summed E-state index contributed by atoms with van der Waals surface area (Å²) in [5.41, 5.74) is 0.953. The first kappa shape index (κ1) is 15.8. The molecule has 6 nitrogen and oxygen atoms in total. The number of nitrogens with one attached hydrogen (secondary N) is 1. The van der Waals surface area contributed by atoms with Crippen molar-refractivity contribution < 1.29 is 17.6 Å². The predicted octanol–water partition coefficient (Wildman–Crippen LogP) is 1.73. The number of carbonyl (C=O) groups is 1. The summed E-state index contributed by atoms with van der Waals surface area (Å²) in [6.07, 6.45) is 1.86. The fourth-order valence-corrected chi connectivity index (χ4v) is 3.00. The van der Waals surface area contributed by atoms with E-state index in [4.69, 9.17) is 9.68 Å². The quantitative estimate of drug-likeness (QED) is 0.874. The summed E-state index contributed by atoms with van der Waals surface area (Å²) >= 11 is 0. The standard InChI is InChI=1S/C15H14N2O4S/c16-10-12-3-5-13(6-4-12)11-22(19,20)17-15(18)8-7-14-2-1-9-21-14/h1-6,9H,7-8,11H2,(H,17,18). The lowest BCUT2D eigenvalue weighted by Gasteiger charge is -2.06. The van der Waals surface area contributed by atoms with Crippen LogP contribution in [0.1, 0.15) is 23.3 Å². The zero-order valence-corrected chi connectivity index (χ0v) is 12.5. The molecule has 0 saturated carbocycles. The van der Waals surface area contributed by atoms with Crippen LogP contribution in [0.15, 0.2) is 47.1 Å². The van der Waals surface area contributed by atoms with Gasteiger partial charge in [0.15, 0.2) is 0 Å². The normalized spacial score (nSPS) is 10.9. The largest absolute Gasteiger partial charge is 0.469 e. The van der Waals surface area contributed by atoms with Gasteiger partial charge in [-0.1, -0.05) is 12.1 Å². The summed E-state index contributed by atoms with van der Waals surface area (Å²) in [4.78, 5) is 11.7. The number of rotatable bonds is 6. The second-order valence-corrected chi connectivity index (χ2v) is 6.39. The Hall–Kier alpha value is -2.59. The highest BCUT2D eigenvalue weighted by molar-refractivity contribution is 7.89. The van der Waals surface area contributed by atoms with Gasteiger partial charge in [-0.2, -0.15) is 5.26 Å². The van der Waals surface area contributed by atoms with Gasteiger partial charge in [0.25, 0.3) is 0 Å². The molecule has 0 radical (unpaired) electrons. The van der Waals surface area contributed by atoms with E-state index in [0.717, 1.165) is 0 Å². The number of amides is 1. The molecule has 0 aliphatic carbocycles. The minimum absolute atomic E-state index is 0.0279.